The highest BCUT2D eigenvalue weighted by Gasteiger charge is 2.17. The number of hydrogen-bond acceptors (Lipinski definition) is 2. The van der Waals surface area contributed by atoms with E-state index in [1.54, 1.807) is 6.92 Å². The van der Waals surface area contributed by atoms with Gasteiger partial charge in [-0.05, 0) is 28.4 Å². The fourth-order valence-electron chi connectivity index (χ4n) is 1.09. The molecular formula is C9H7BrF2N2. The SMILES string of the molecule is Cc1ncc(C(F)F)c(CC#N)c1Br. The summed E-state index contributed by atoms with van der Waals surface area (Å²) in [6, 6.07) is 1.86. The van der Waals surface area contributed by atoms with Gasteiger partial charge < -0.3 is 0 Å². The second-order valence-corrected chi connectivity index (χ2v) is 3.52. The molecule has 2 nitrogen and oxygen atoms in total. The van der Waals surface area contributed by atoms with Crippen molar-refractivity contribution in [3.63, 3.8) is 0 Å². The molecule has 0 saturated carbocycles. The standard InChI is InChI=1S/C9H7BrF2N2/c1-5-8(10)6(2-3-13)7(4-14-5)9(11)12/h4,9H,2H2,1H3. The molecule has 0 unspecified atom stereocenters. The summed E-state index contributed by atoms with van der Waals surface area (Å²) in [5.41, 5.74) is 0.763. The molecule has 1 aromatic rings. The van der Waals surface area contributed by atoms with E-state index >= 15 is 0 Å². The fraction of sp³-hybridized carbons (Fsp3) is 0.333. The van der Waals surface area contributed by atoms with Gasteiger partial charge in [-0.3, -0.25) is 4.98 Å². The highest BCUT2D eigenvalue weighted by Crippen LogP contribution is 2.29. The molecule has 5 heteroatoms. The second kappa shape index (κ2) is 4.47. The van der Waals surface area contributed by atoms with Crippen LogP contribution >= 0.6 is 15.9 Å². The highest BCUT2D eigenvalue weighted by molar-refractivity contribution is 9.10. The fourth-order valence-corrected chi connectivity index (χ4v) is 1.56. The minimum absolute atomic E-state index is 0.0381. The Kier molecular flexibility index (Phi) is 3.53. The number of rotatable bonds is 2. The van der Waals surface area contributed by atoms with Crippen molar-refractivity contribution >= 4 is 15.9 Å². The number of pyridine rings is 1. The van der Waals surface area contributed by atoms with Gasteiger partial charge in [-0.15, -0.1) is 0 Å². The first kappa shape index (κ1) is 11.1. The quantitative estimate of drug-likeness (QED) is 0.819. The predicted octanol–water partition coefficient (Wildman–Crippen LogP) is 3.16. The Balaban J connectivity index is 3.31. The summed E-state index contributed by atoms with van der Waals surface area (Å²) in [5.74, 6) is 0. The van der Waals surface area contributed by atoms with Crippen molar-refractivity contribution in [1.29, 1.82) is 5.26 Å². The lowest BCUT2D eigenvalue weighted by Gasteiger charge is -2.09. The van der Waals surface area contributed by atoms with Crippen LogP contribution < -0.4 is 0 Å². The summed E-state index contributed by atoms with van der Waals surface area (Å²) in [4.78, 5) is 3.81. The molecule has 0 radical (unpaired) electrons. The average molecular weight is 261 g/mol. The van der Waals surface area contributed by atoms with Gasteiger partial charge in [-0.1, -0.05) is 0 Å². The number of alkyl halides is 2. The van der Waals surface area contributed by atoms with E-state index in [1.165, 1.54) is 0 Å². The van der Waals surface area contributed by atoms with Crippen LogP contribution in [0.1, 0.15) is 23.2 Å². The van der Waals surface area contributed by atoms with Crippen LogP contribution in [0.5, 0.6) is 0 Å². The van der Waals surface area contributed by atoms with Crippen LogP contribution in [0.3, 0.4) is 0 Å². The molecule has 1 rings (SSSR count). The number of nitrogens with zero attached hydrogens (tertiary/aromatic N) is 2. The lowest BCUT2D eigenvalue weighted by Crippen LogP contribution is -1.99. The zero-order chi connectivity index (χ0) is 10.7. The summed E-state index contributed by atoms with van der Waals surface area (Å²) in [7, 11) is 0. The zero-order valence-corrected chi connectivity index (χ0v) is 8.98. The van der Waals surface area contributed by atoms with Gasteiger partial charge in [0.1, 0.15) is 0 Å². The van der Waals surface area contributed by atoms with Crippen molar-refractivity contribution in [2.24, 2.45) is 0 Å². The van der Waals surface area contributed by atoms with Crippen LogP contribution in [-0.2, 0) is 6.42 Å². The van der Waals surface area contributed by atoms with E-state index in [-0.39, 0.29) is 12.0 Å². The van der Waals surface area contributed by atoms with Gasteiger partial charge in [0.2, 0.25) is 0 Å². The van der Waals surface area contributed by atoms with Gasteiger partial charge in [-0.2, -0.15) is 5.26 Å². The molecule has 0 fully saturated rings. The van der Waals surface area contributed by atoms with E-state index in [9.17, 15) is 8.78 Å². The maximum atomic E-state index is 12.5. The predicted molar refractivity (Wildman–Crippen MR) is 50.9 cm³/mol. The Morgan fingerprint density at radius 3 is 2.79 bits per heavy atom. The Morgan fingerprint density at radius 1 is 1.64 bits per heavy atom. The Labute approximate surface area is 88.7 Å². The minimum atomic E-state index is -2.59. The molecule has 0 amide bonds. The largest absolute Gasteiger partial charge is 0.265 e. The van der Waals surface area contributed by atoms with Crippen LogP contribution in [0, 0.1) is 18.3 Å². The summed E-state index contributed by atoms with van der Waals surface area (Å²) >= 11 is 3.15. The van der Waals surface area contributed by atoms with Crippen LogP contribution in [-0.4, -0.2) is 4.98 Å². The third-order valence-electron chi connectivity index (χ3n) is 1.82. The molecule has 0 aliphatic heterocycles. The summed E-state index contributed by atoms with van der Waals surface area (Å²) < 4.78 is 25.5. The van der Waals surface area contributed by atoms with Crippen molar-refractivity contribution < 1.29 is 8.78 Å². The average Bonchev–Trinajstić information content (AvgIpc) is 2.13. The lowest BCUT2D eigenvalue weighted by molar-refractivity contribution is 0.150. The van der Waals surface area contributed by atoms with E-state index < -0.39 is 6.43 Å². The molecule has 0 N–H and O–H groups in total. The molecule has 74 valence electrons. The highest BCUT2D eigenvalue weighted by atomic mass is 79.9. The summed E-state index contributed by atoms with van der Waals surface area (Å²) in [6.45, 7) is 1.69. The molecular weight excluding hydrogens is 254 g/mol. The van der Waals surface area contributed by atoms with Crippen molar-refractivity contribution in [3.8, 4) is 6.07 Å². The molecule has 0 bridgehead atoms. The van der Waals surface area contributed by atoms with Crippen molar-refractivity contribution in [1.82, 2.24) is 4.98 Å². The van der Waals surface area contributed by atoms with Gasteiger partial charge in [-0.25, -0.2) is 8.78 Å². The molecule has 0 atom stereocenters. The Morgan fingerprint density at radius 2 is 2.29 bits per heavy atom. The van der Waals surface area contributed by atoms with E-state index in [2.05, 4.69) is 20.9 Å². The topological polar surface area (TPSA) is 36.7 Å². The van der Waals surface area contributed by atoms with E-state index in [0.717, 1.165) is 6.20 Å². The molecule has 1 heterocycles. The maximum Gasteiger partial charge on any atom is 0.265 e. The minimum Gasteiger partial charge on any atom is -0.260 e. The monoisotopic (exact) mass is 260 g/mol. The second-order valence-electron chi connectivity index (χ2n) is 2.73. The summed E-state index contributed by atoms with van der Waals surface area (Å²) in [5, 5.41) is 8.51. The normalized spacial score (nSPS) is 10.3. The molecule has 0 spiro atoms. The maximum absolute atomic E-state index is 12.5. The number of aryl methyl sites for hydroxylation is 1. The van der Waals surface area contributed by atoms with Gasteiger partial charge in [0.15, 0.2) is 0 Å². The smallest absolute Gasteiger partial charge is 0.260 e. The number of aromatic nitrogens is 1. The number of hydrogen-bond donors (Lipinski definition) is 0. The summed E-state index contributed by atoms with van der Waals surface area (Å²) in [6.07, 6.45) is -1.51. The molecule has 1 aromatic heterocycles. The molecule has 0 aliphatic rings. The zero-order valence-electron chi connectivity index (χ0n) is 7.39. The van der Waals surface area contributed by atoms with Crippen LogP contribution in [0.25, 0.3) is 0 Å². The van der Waals surface area contributed by atoms with Crippen molar-refractivity contribution in [2.75, 3.05) is 0 Å². The first-order valence-electron chi connectivity index (χ1n) is 3.87. The van der Waals surface area contributed by atoms with Gasteiger partial charge in [0.05, 0.1) is 18.2 Å². The van der Waals surface area contributed by atoms with E-state index in [4.69, 9.17) is 5.26 Å². The lowest BCUT2D eigenvalue weighted by atomic mass is 10.1. The number of nitriles is 1. The third-order valence-corrected chi connectivity index (χ3v) is 2.87. The Bertz CT molecular complexity index is 385. The van der Waals surface area contributed by atoms with Crippen LogP contribution in [0.2, 0.25) is 0 Å². The van der Waals surface area contributed by atoms with Crippen molar-refractivity contribution in [2.45, 2.75) is 19.8 Å². The van der Waals surface area contributed by atoms with Gasteiger partial charge in [0.25, 0.3) is 6.43 Å². The molecule has 14 heavy (non-hydrogen) atoms. The Hall–Kier alpha value is -1.02. The van der Waals surface area contributed by atoms with Crippen LogP contribution in [0.4, 0.5) is 8.78 Å². The van der Waals surface area contributed by atoms with E-state index in [1.807, 2.05) is 6.07 Å². The van der Waals surface area contributed by atoms with Crippen LogP contribution in [0.15, 0.2) is 10.7 Å². The first-order chi connectivity index (χ1) is 6.57. The van der Waals surface area contributed by atoms with Gasteiger partial charge >= 0.3 is 0 Å². The molecule has 0 saturated heterocycles. The third kappa shape index (κ3) is 2.07. The van der Waals surface area contributed by atoms with E-state index in [0.29, 0.717) is 15.7 Å². The number of halogens is 3. The van der Waals surface area contributed by atoms with Crippen molar-refractivity contribution in [3.05, 3.63) is 27.5 Å². The first-order valence-corrected chi connectivity index (χ1v) is 4.66. The molecule has 0 aromatic carbocycles. The molecule has 0 aliphatic carbocycles. The van der Waals surface area contributed by atoms with Gasteiger partial charge in [0, 0.05) is 16.2 Å².